The summed E-state index contributed by atoms with van der Waals surface area (Å²) in [7, 11) is 0. The van der Waals surface area contributed by atoms with E-state index in [1.165, 1.54) is 6.07 Å². The molecule has 2 N–H and O–H groups in total. The number of aliphatic carboxylic acids is 1. The number of alkyl halides is 3. The Hall–Kier alpha value is -2.76. The predicted octanol–water partition coefficient (Wildman–Crippen LogP) is 5.26. The molecule has 6 heteroatoms. The van der Waals surface area contributed by atoms with Crippen LogP contribution < -0.4 is 0 Å². The molecule has 2 aromatic carbocycles. The predicted molar refractivity (Wildman–Crippen MR) is 89.3 cm³/mol. The number of rotatable bonds is 5. The van der Waals surface area contributed by atoms with Crippen molar-refractivity contribution in [1.29, 1.82) is 0 Å². The number of carboxylic acid groups (broad SMARTS) is 1. The quantitative estimate of drug-likeness (QED) is 0.661. The van der Waals surface area contributed by atoms with Crippen LogP contribution in [0.3, 0.4) is 0 Å². The van der Waals surface area contributed by atoms with Crippen molar-refractivity contribution < 1.29 is 23.1 Å². The molecule has 0 atom stereocenters. The third-order valence-electron chi connectivity index (χ3n) is 4.11. The largest absolute Gasteiger partial charge is 0.481 e. The molecule has 0 aliphatic heterocycles. The van der Waals surface area contributed by atoms with Crippen molar-refractivity contribution in [2.45, 2.75) is 25.4 Å². The zero-order chi connectivity index (χ0) is 18.0. The first-order chi connectivity index (χ1) is 11.9. The Kier molecular flexibility index (Phi) is 4.53. The van der Waals surface area contributed by atoms with Crippen LogP contribution in [0.15, 0.2) is 48.5 Å². The molecule has 3 rings (SSSR count). The number of aryl methyl sites for hydroxylation is 1. The van der Waals surface area contributed by atoms with Gasteiger partial charge in [0.05, 0.1) is 5.56 Å². The average molecular weight is 347 g/mol. The fourth-order valence-corrected chi connectivity index (χ4v) is 2.95. The molecule has 0 saturated heterocycles. The number of aromatic amines is 1. The molecule has 0 radical (unpaired) electrons. The molecule has 0 unspecified atom stereocenters. The fourth-order valence-electron chi connectivity index (χ4n) is 2.95. The van der Waals surface area contributed by atoms with Crippen LogP contribution in [0.4, 0.5) is 13.2 Å². The Morgan fingerprint density at radius 3 is 2.44 bits per heavy atom. The number of aromatic nitrogens is 1. The third kappa shape index (κ3) is 3.68. The molecule has 130 valence electrons. The van der Waals surface area contributed by atoms with Crippen molar-refractivity contribution in [3.63, 3.8) is 0 Å². The first-order valence-electron chi connectivity index (χ1n) is 7.85. The van der Waals surface area contributed by atoms with Crippen LogP contribution in [0.25, 0.3) is 22.2 Å². The van der Waals surface area contributed by atoms with Crippen molar-refractivity contribution in [1.82, 2.24) is 4.98 Å². The van der Waals surface area contributed by atoms with E-state index in [1.807, 2.05) is 30.3 Å². The van der Waals surface area contributed by atoms with E-state index in [4.69, 9.17) is 5.11 Å². The summed E-state index contributed by atoms with van der Waals surface area (Å²) in [6.45, 7) is 0. The Morgan fingerprint density at radius 2 is 1.80 bits per heavy atom. The van der Waals surface area contributed by atoms with Crippen molar-refractivity contribution in [3.05, 3.63) is 59.7 Å². The van der Waals surface area contributed by atoms with Gasteiger partial charge in [-0.15, -0.1) is 0 Å². The minimum absolute atomic E-state index is 0.0279. The van der Waals surface area contributed by atoms with Gasteiger partial charge in [-0.3, -0.25) is 4.79 Å². The minimum atomic E-state index is -4.42. The molecule has 0 bridgehead atoms. The smallest absolute Gasteiger partial charge is 0.416 e. The van der Waals surface area contributed by atoms with Crippen LogP contribution in [0.5, 0.6) is 0 Å². The highest BCUT2D eigenvalue weighted by molar-refractivity contribution is 5.91. The Morgan fingerprint density at radius 1 is 1.08 bits per heavy atom. The van der Waals surface area contributed by atoms with Crippen molar-refractivity contribution in [2.24, 2.45) is 0 Å². The second-order valence-electron chi connectivity index (χ2n) is 5.85. The molecule has 0 amide bonds. The molecular weight excluding hydrogens is 331 g/mol. The third-order valence-corrected chi connectivity index (χ3v) is 4.11. The van der Waals surface area contributed by atoms with Crippen molar-refractivity contribution in [2.75, 3.05) is 0 Å². The zero-order valence-corrected chi connectivity index (χ0v) is 13.2. The number of hydrogen-bond donors (Lipinski definition) is 2. The molecule has 1 heterocycles. The molecule has 3 aromatic rings. The summed E-state index contributed by atoms with van der Waals surface area (Å²) in [6, 6.07) is 12.9. The molecule has 3 nitrogen and oxygen atoms in total. The van der Waals surface area contributed by atoms with E-state index in [1.54, 1.807) is 0 Å². The lowest BCUT2D eigenvalue weighted by molar-refractivity contribution is -0.138. The van der Waals surface area contributed by atoms with Gasteiger partial charge in [-0.2, -0.15) is 13.2 Å². The maximum absolute atomic E-state index is 13.0. The molecule has 0 aliphatic carbocycles. The van der Waals surface area contributed by atoms with Crippen LogP contribution in [0.1, 0.15) is 24.0 Å². The van der Waals surface area contributed by atoms with E-state index in [0.717, 1.165) is 23.4 Å². The summed E-state index contributed by atoms with van der Waals surface area (Å²) < 4.78 is 39.1. The fraction of sp³-hybridized carbons (Fsp3) is 0.211. The number of H-pyrrole nitrogens is 1. The molecular formula is C19H16F3NO2. The first-order valence-corrected chi connectivity index (χ1v) is 7.85. The minimum Gasteiger partial charge on any atom is -0.481 e. The number of nitrogens with one attached hydrogen (secondary N) is 1. The van der Waals surface area contributed by atoms with Gasteiger partial charge in [0, 0.05) is 23.0 Å². The molecule has 0 spiro atoms. The Bertz CT molecular complexity index is 898. The van der Waals surface area contributed by atoms with Crippen molar-refractivity contribution >= 4 is 16.9 Å². The van der Waals surface area contributed by atoms with Gasteiger partial charge in [0.15, 0.2) is 0 Å². The van der Waals surface area contributed by atoms with Gasteiger partial charge in [-0.05, 0) is 42.2 Å². The van der Waals surface area contributed by atoms with E-state index in [0.29, 0.717) is 29.3 Å². The maximum Gasteiger partial charge on any atom is 0.416 e. The second-order valence-corrected chi connectivity index (χ2v) is 5.85. The highest BCUT2D eigenvalue weighted by Crippen LogP contribution is 2.36. The van der Waals surface area contributed by atoms with Crippen LogP contribution in [0.2, 0.25) is 0 Å². The number of carbonyl (C=O) groups is 1. The number of hydrogen-bond acceptors (Lipinski definition) is 1. The SMILES string of the molecule is O=C(O)CCCc1c(-c2ccccc2)[nH]c2ccc(C(F)(F)F)cc12. The van der Waals surface area contributed by atoms with E-state index in [2.05, 4.69) is 4.98 Å². The summed E-state index contributed by atoms with van der Waals surface area (Å²) in [5, 5.41) is 9.32. The van der Waals surface area contributed by atoms with E-state index in [-0.39, 0.29) is 6.42 Å². The number of carboxylic acids is 1. The lowest BCUT2D eigenvalue weighted by Crippen LogP contribution is -2.04. The lowest BCUT2D eigenvalue weighted by atomic mass is 9.99. The van der Waals surface area contributed by atoms with Crippen LogP contribution in [0, 0.1) is 0 Å². The summed E-state index contributed by atoms with van der Waals surface area (Å²) in [4.78, 5) is 14.0. The Balaban J connectivity index is 2.12. The van der Waals surface area contributed by atoms with Gasteiger partial charge in [0.25, 0.3) is 0 Å². The highest BCUT2D eigenvalue weighted by Gasteiger charge is 2.31. The van der Waals surface area contributed by atoms with Crippen LogP contribution >= 0.6 is 0 Å². The summed E-state index contributed by atoms with van der Waals surface area (Å²) in [6.07, 6.45) is -3.70. The number of halogens is 3. The van der Waals surface area contributed by atoms with E-state index >= 15 is 0 Å². The number of benzene rings is 2. The molecule has 0 fully saturated rings. The molecule has 0 aliphatic rings. The van der Waals surface area contributed by atoms with Crippen LogP contribution in [-0.4, -0.2) is 16.1 Å². The van der Waals surface area contributed by atoms with E-state index < -0.39 is 17.7 Å². The summed E-state index contributed by atoms with van der Waals surface area (Å²) >= 11 is 0. The normalized spacial score (nSPS) is 11.8. The van der Waals surface area contributed by atoms with Crippen molar-refractivity contribution in [3.8, 4) is 11.3 Å². The summed E-state index contributed by atoms with van der Waals surface area (Å²) in [5.74, 6) is -0.919. The second kappa shape index (κ2) is 6.63. The standard InChI is InChI=1S/C19H16F3NO2/c20-19(21,22)13-9-10-16-15(11-13)14(7-4-8-17(24)25)18(23-16)12-5-2-1-3-6-12/h1-3,5-6,9-11,23H,4,7-8H2,(H,24,25). The molecule has 25 heavy (non-hydrogen) atoms. The van der Waals surface area contributed by atoms with Gasteiger partial charge in [-0.1, -0.05) is 30.3 Å². The monoisotopic (exact) mass is 347 g/mol. The van der Waals surface area contributed by atoms with Gasteiger partial charge in [0.2, 0.25) is 0 Å². The lowest BCUT2D eigenvalue weighted by Gasteiger charge is -2.08. The molecule has 1 aromatic heterocycles. The highest BCUT2D eigenvalue weighted by atomic mass is 19.4. The maximum atomic E-state index is 13.0. The number of fused-ring (bicyclic) bond motifs is 1. The van der Waals surface area contributed by atoms with Gasteiger partial charge in [-0.25, -0.2) is 0 Å². The first kappa shape index (κ1) is 17.1. The molecule has 0 saturated carbocycles. The van der Waals surface area contributed by atoms with Gasteiger partial charge in [0.1, 0.15) is 0 Å². The zero-order valence-electron chi connectivity index (χ0n) is 13.2. The van der Waals surface area contributed by atoms with Gasteiger partial charge < -0.3 is 10.1 Å². The van der Waals surface area contributed by atoms with E-state index in [9.17, 15) is 18.0 Å². The Labute approximate surface area is 142 Å². The summed E-state index contributed by atoms with van der Waals surface area (Å²) in [5.41, 5.74) is 2.21. The average Bonchev–Trinajstić information content (AvgIpc) is 2.93. The van der Waals surface area contributed by atoms with Crippen LogP contribution in [-0.2, 0) is 17.4 Å². The topological polar surface area (TPSA) is 53.1 Å². The van der Waals surface area contributed by atoms with Gasteiger partial charge >= 0.3 is 12.1 Å².